The smallest absolute Gasteiger partial charge is 0.230 e. The summed E-state index contributed by atoms with van der Waals surface area (Å²) in [6.45, 7) is 2.01. The summed E-state index contributed by atoms with van der Waals surface area (Å²) in [4.78, 5) is 22.2. The quantitative estimate of drug-likeness (QED) is 0.753. The van der Waals surface area contributed by atoms with Crippen molar-refractivity contribution in [1.29, 1.82) is 0 Å². The second-order valence-electron chi connectivity index (χ2n) is 3.74. The summed E-state index contributed by atoms with van der Waals surface area (Å²) in [6, 6.07) is 3.78. The molecule has 1 aromatic heterocycles. The lowest BCUT2D eigenvalue weighted by molar-refractivity contribution is -0.125. The van der Waals surface area contributed by atoms with Crippen LogP contribution >= 0.6 is 0 Å². The van der Waals surface area contributed by atoms with Crippen molar-refractivity contribution in [3.05, 3.63) is 23.7 Å². The number of hydrogen-bond donors (Lipinski definition) is 1. The van der Waals surface area contributed by atoms with E-state index in [2.05, 4.69) is 5.32 Å². The Bertz CT molecular complexity index is 394. The van der Waals surface area contributed by atoms with Crippen LogP contribution in [0.15, 0.2) is 16.5 Å². The molecule has 0 radical (unpaired) electrons. The summed E-state index contributed by atoms with van der Waals surface area (Å²) in [5.74, 6) is 1.06. The van der Waals surface area contributed by atoms with Crippen LogP contribution in [-0.4, -0.2) is 11.8 Å². The minimum atomic E-state index is -0.256. The largest absolute Gasteiger partial charge is 0.466 e. The van der Waals surface area contributed by atoms with Crippen molar-refractivity contribution in [2.75, 3.05) is 0 Å². The van der Waals surface area contributed by atoms with Crippen LogP contribution in [0.5, 0.6) is 0 Å². The van der Waals surface area contributed by atoms with Crippen LogP contribution in [-0.2, 0) is 22.4 Å². The number of carbonyl (C=O) groups is 2. The van der Waals surface area contributed by atoms with Gasteiger partial charge in [0.05, 0.1) is 5.92 Å². The first-order chi connectivity index (χ1) is 7.19. The molecule has 0 aromatic carbocycles. The molecule has 15 heavy (non-hydrogen) atoms. The molecule has 2 amide bonds. The van der Waals surface area contributed by atoms with E-state index in [4.69, 9.17) is 4.42 Å². The molecule has 2 heterocycles. The lowest BCUT2D eigenvalue weighted by Gasteiger charge is -2.01. The van der Waals surface area contributed by atoms with E-state index in [1.165, 1.54) is 0 Å². The van der Waals surface area contributed by atoms with Crippen LogP contribution in [0.25, 0.3) is 0 Å². The van der Waals surface area contributed by atoms with Gasteiger partial charge in [0.15, 0.2) is 0 Å². The number of carbonyl (C=O) groups excluding carboxylic acids is 2. The lowest BCUT2D eigenvalue weighted by Crippen LogP contribution is -2.22. The Morgan fingerprint density at radius 2 is 2.13 bits per heavy atom. The monoisotopic (exact) mass is 207 g/mol. The van der Waals surface area contributed by atoms with Crippen LogP contribution in [0.1, 0.15) is 24.9 Å². The Hall–Kier alpha value is -1.58. The van der Waals surface area contributed by atoms with Gasteiger partial charge in [-0.05, 0) is 12.1 Å². The second-order valence-corrected chi connectivity index (χ2v) is 3.74. The van der Waals surface area contributed by atoms with Crippen LogP contribution in [0, 0.1) is 5.92 Å². The molecule has 0 spiro atoms. The highest BCUT2D eigenvalue weighted by molar-refractivity contribution is 6.03. The normalized spacial score (nSPS) is 20.7. The molecule has 0 saturated carbocycles. The topological polar surface area (TPSA) is 59.3 Å². The van der Waals surface area contributed by atoms with Gasteiger partial charge in [0.2, 0.25) is 11.8 Å². The highest BCUT2D eigenvalue weighted by Crippen LogP contribution is 2.19. The minimum absolute atomic E-state index is 0.186. The fourth-order valence-corrected chi connectivity index (χ4v) is 1.74. The molecule has 4 nitrogen and oxygen atoms in total. The number of imide groups is 1. The first kappa shape index (κ1) is 9.96. The van der Waals surface area contributed by atoms with Crippen molar-refractivity contribution < 1.29 is 14.0 Å². The molecule has 1 aliphatic heterocycles. The Morgan fingerprint density at radius 3 is 2.67 bits per heavy atom. The maximum absolute atomic E-state index is 11.3. The van der Waals surface area contributed by atoms with E-state index in [1.807, 2.05) is 19.1 Å². The van der Waals surface area contributed by atoms with Gasteiger partial charge in [-0.15, -0.1) is 0 Å². The third-order valence-electron chi connectivity index (χ3n) is 2.58. The molecule has 1 atom stereocenters. The predicted molar refractivity (Wildman–Crippen MR) is 53.0 cm³/mol. The zero-order valence-electron chi connectivity index (χ0n) is 8.58. The Kier molecular flexibility index (Phi) is 2.58. The molecule has 1 saturated heterocycles. The molecule has 2 rings (SSSR count). The zero-order chi connectivity index (χ0) is 10.8. The fourth-order valence-electron chi connectivity index (χ4n) is 1.74. The molecule has 0 aliphatic carbocycles. The number of amides is 2. The standard InChI is InChI=1S/C11H13NO3/c1-2-8-3-4-9(15-8)5-7-6-10(13)12-11(7)14/h3-4,7H,2,5-6H2,1H3,(H,12,13,14). The van der Waals surface area contributed by atoms with Crippen molar-refractivity contribution >= 4 is 11.8 Å². The average Bonchev–Trinajstić information content (AvgIpc) is 2.75. The Morgan fingerprint density at radius 1 is 1.40 bits per heavy atom. The molecule has 1 N–H and O–H groups in total. The Labute approximate surface area is 87.6 Å². The van der Waals surface area contributed by atoms with Gasteiger partial charge >= 0.3 is 0 Å². The predicted octanol–water partition coefficient (Wildman–Crippen LogP) is 1.05. The van der Waals surface area contributed by atoms with Crippen molar-refractivity contribution in [3.8, 4) is 0 Å². The van der Waals surface area contributed by atoms with Crippen molar-refractivity contribution in [3.63, 3.8) is 0 Å². The minimum Gasteiger partial charge on any atom is -0.466 e. The van der Waals surface area contributed by atoms with Crippen molar-refractivity contribution in [2.24, 2.45) is 5.92 Å². The maximum Gasteiger partial charge on any atom is 0.230 e. The zero-order valence-corrected chi connectivity index (χ0v) is 8.58. The first-order valence-electron chi connectivity index (χ1n) is 5.10. The molecule has 4 heteroatoms. The van der Waals surface area contributed by atoms with Crippen LogP contribution < -0.4 is 5.32 Å². The van der Waals surface area contributed by atoms with E-state index >= 15 is 0 Å². The molecule has 1 aliphatic rings. The average molecular weight is 207 g/mol. The van der Waals surface area contributed by atoms with E-state index in [-0.39, 0.29) is 24.2 Å². The van der Waals surface area contributed by atoms with Crippen molar-refractivity contribution in [2.45, 2.75) is 26.2 Å². The molecule has 1 fully saturated rings. The van der Waals surface area contributed by atoms with E-state index in [9.17, 15) is 9.59 Å². The number of furan rings is 1. The molecular weight excluding hydrogens is 194 g/mol. The fraction of sp³-hybridized carbons (Fsp3) is 0.455. The summed E-state index contributed by atoms with van der Waals surface area (Å²) in [5, 5.41) is 2.29. The highest BCUT2D eigenvalue weighted by Gasteiger charge is 2.31. The van der Waals surface area contributed by atoms with E-state index in [0.29, 0.717) is 6.42 Å². The molecule has 1 unspecified atom stereocenters. The number of rotatable bonds is 3. The van der Waals surface area contributed by atoms with Crippen LogP contribution in [0.2, 0.25) is 0 Å². The summed E-state index contributed by atoms with van der Waals surface area (Å²) in [7, 11) is 0. The second kappa shape index (κ2) is 3.88. The van der Waals surface area contributed by atoms with Gasteiger partial charge in [-0.25, -0.2) is 0 Å². The molecule has 1 aromatic rings. The van der Waals surface area contributed by atoms with Crippen LogP contribution in [0.4, 0.5) is 0 Å². The van der Waals surface area contributed by atoms with E-state index in [1.54, 1.807) is 0 Å². The Balaban J connectivity index is 2.02. The third kappa shape index (κ3) is 2.09. The van der Waals surface area contributed by atoms with E-state index in [0.717, 1.165) is 17.9 Å². The van der Waals surface area contributed by atoms with Gasteiger partial charge in [-0.1, -0.05) is 6.92 Å². The van der Waals surface area contributed by atoms with Gasteiger partial charge in [0, 0.05) is 19.3 Å². The molecule has 0 bridgehead atoms. The summed E-state index contributed by atoms with van der Waals surface area (Å²) < 4.78 is 5.49. The van der Waals surface area contributed by atoms with E-state index < -0.39 is 0 Å². The lowest BCUT2D eigenvalue weighted by atomic mass is 10.0. The number of nitrogens with one attached hydrogen (secondary N) is 1. The van der Waals surface area contributed by atoms with Gasteiger partial charge in [-0.2, -0.15) is 0 Å². The highest BCUT2D eigenvalue weighted by atomic mass is 16.3. The summed E-state index contributed by atoms with van der Waals surface area (Å²) in [6.07, 6.45) is 1.63. The van der Waals surface area contributed by atoms with Crippen molar-refractivity contribution in [1.82, 2.24) is 5.32 Å². The van der Waals surface area contributed by atoms with Gasteiger partial charge in [-0.3, -0.25) is 14.9 Å². The van der Waals surface area contributed by atoms with Gasteiger partial charge in [0.25, 0.3) is 0 Å². The maximum atomic E-state index is 11.3. The SMILES string of the molecule is CCc1ccc(CC2CC(=O)NC2=O)o1. The molecule has 80 valence electrons. The first-order valence-corrected chi connectivity index (χ1v) is 5.10. The van der Waals surface area contributed by atoms with Crippen LogP contribution in [0.3, 0.4) is 0 Å². The summed E-state index contributed by atoms with van der Waals surface area (Å²) in [5.41, 5.74) is 0. The molecular formula is C11H13NO3. The van der Waals surface area contributed by atoms with Gasteiger partial charge in [0.1, 0.15) is 11.5 Å². The summed E-state index contributed by atoms with van der Waals surface area (Å²) >= 11 is 0. The number of aryl methyl sites for hydroxylation is 1. The number of hydrogen-bond acceptors (Lipinski definition) is 3. The van der Waals surface area contributed by atoms with Gasteiger partial charge < -0.3 is 4.42 Å². The third-order valence-corrected chi connectivity index (χ3v) is 2.58.